The van der Waals surface area contributed by atoms with Crippen molar-refractivity contribution < 1.29 is 23.8 Å². The molecule has 7 heteroatoms. The van der Waals surface area contributed by atoms with Gasteiger partial charge in [0.25, 0.3) is 0 Å². The van der Waals surface area contributed by atoms with Crippen LogP contribution in [0.15, 0.2) is 57.4 Å². The Morgan fingerprint density at radius 1 is 1.14 bits per heavy atom. The summed E-state index contributed by atoms with van der Waals surface area (Å²) in [5.74, 6) is -0.283. The van der Waals surface area contributed by atoms with E-state index in [9.17, 15) is 4.39 Å². The van der Waals surface area contributed by atoms with Crippen molar-refractivity contribution in [2.24, 2.45) is 5.16 Å². The Balaban J connectivity index is 1.82. The Labute approximate surface area is 168 Å². The van der Waals surface area contributed by atoms with Gasteiger partial charge in [0, 0.05) is 55.6 Å². The molecule has 1 N–H and O–H groups in total. The molecule has 5 nitrogen and oxygen atoms in total. The van der Waals surface area contributed by atoms with Crippen molar-refractivity contribution in [2.45, 2.75) is 28.2 Å². The summed E-state index contributed by atoms with van der Waals surface area (Å²) in [5.41, 5.74) is 1.56. The minimum absolute atomic E-state index is 0.221. The van der Waals surface area contributed by atoms with E-state index in [4.69, 9.17) is 19.4 Å². The molecule has 0 bridgehead atoms. The molecule has 28 heavy (non-hydrogen) atoms. The summed E-state index contributed by atoms with van der Waals surface area (Å²) in [6.45, 7) is 1.42. The van der Waals surface area contributed by atoms with Crippen LogP contribution < -0.4 is 0 Å². The van der Waals surface area contributed by atoms with Crippen LogP contribution in [-0.2, 0) is 19.8 Å². The molecule has 0 radical (unpaired) electrons. The maximum Gasteiger partial charge on any atom is 0.124 e. The molecule has 0 amide bonds. The minimum atomic E-state index is -0.508. The van der Waals surface area contributed by atoms with Crippen molar-refractivity contribution in [1.29, 1.82) is 0 Å². The first-order valence-electron chi connectivity index (χ1n) is 9.02. The molecule has 2 aromatic carbocycles. The molecule has 1 aliphatic heterocycles. The lowest BCUT2D eigenvalue weighted by Crippen LogP contribution is -2.35. The maximum atomic E-state index is 14.3. The second-order valence-electron chi connectivity index (χ2n) is 6.59. The van der Waals surface area contributed by atoms with Gasteiger partial charge in [0.2, 0.25) is 0 Å². The van der Waals surface area contributed by atoms with Crippen LogP contribution in [0.25, 0.3) is 0 Å². The predicted octanol–water partition coefficient (Wildman–Crippen LogP) is 4.45. The van der Waals surface area contributed by atoms with Gasteiger partial charge in [0.15, 0.2) is 0 Å². The van der Waals surface area contributed by atoms with Crippen LogP contribution in [0.5, 0.6) is 0 Å². The third-order valence-electron chi connectivity index (χ3n) is 4.91. The largest absolute Gasteiger partial charge is 0.411 e. The lowest BCUT2D eigenvalue weighted by atomic mass is 9.86. The van der Waals surface area contributed by atoms with Gasteiger partial charge in [0.05, 0.1) is 12.2 Å². The number of benzene rings is 2. The van der Waals surface area contributed by atoms with E-state index < -0.39 is 5.60 Å². The van der Waals surface area contributed by atoms with Gasteiger partial charge in [-0.25, -0.2) is 4.39 Å². The molecule has 0 unspecified atom stereocenters. The summed E-state index contributed by atoms with van der Waals surface area (Å²) < 4.78 is 30.6. The standard InChI is InChI=1S/C21H24FNO4S/c1-25-14-20(23-24)15-3-5-18(6-4-15)28-19-12-16(11-17(22)13-19)21(26-2)7-9-27-10-8-21/h3-6,11-13,24H,7-10,14H2,1-2H3. The molecule has 1 heterocycles. The van der Waals surface area contributed by atoms with E-state index in [1.165, 1.54) is 17.8 Å². The summed E-state index contributed by atoms with van der Waals surface area (Å²) in [6, 6.07) is 12.6. The summed E-state index contributed by atoms with van der Waals surface area (Å²) >= 11 is 1.47. The van der Waals surface area contributed by atoms with E-state index in [0.29, 0.717) is 31.8 Å². The molecule has 0 atom stereocenters. The molecule has 3 rings (SSSR count). The Bertz CT molecular complexity index is 820. The van der Waals surface area contributed by atoms with Gasteiger partial charge in [-0.1, -0.05) is 29.1 Å². The number of methoxy groups -OCH3 is 2. The molecular weight excluding hydrogens is 381 g/mol. The first kappa shape index (κ1) is 20.8. The van der Waals surface area contributed by atoms with E-state index >= 15 is 0 Å². The number of nitrogens with zero attached hydrogens (tertiary/aromatic N) is 1. The normalized spacial score (nSPS) is 16.9. The number of hydrogen-bond donors (Lipinski definition) is 1. The number of hydrogen-bond acceptors (Lipinski definition) is 6. The van der Waals surface area contributed by atoms with E-state index in [0.717, 1.165) is 20.9 Å². The summed E-state index contributed by atoms with van der Waals surface area (Å²) in [6.07, 6.45) is 1.41. The zero-order valence-electron chi connectivity index (χ0n) is 16.0. The molecule has 0 aliphatic carbocycles. The quantitative estimate of drug-likeness (QED) is 0.419. The maximum absolute atomic E-state index is 14.3. The van der Waals surface area contributed by atoms with Crippen molar-refractivity contribution in [3.05, 3.63) is 59.4 Å². The number of halogens is 1. The first-order valence-corrected chi connectivity index (χ1v) is 9.84. The molecule has 2 aromatic rings. The smallest absolute Gasteiger partial charge is 0.124 e. The van der Waals surface area contributed by atoms with Crippen LogP contribution in [0.2, 0.25) is 0 Å². The van der Waals surface area contributed by atoms with Crippen LogP contribution >= 0.6 is 11.8 Å². The van der Waals surface area contributed by atoms with Crippen LogP contribution in [0.3, 0.4) is 0 Å². The molecular formula is C21H24FNO4S. The predicted molar refractivity (Wildman–Crippen MR) is 106 cm³/mol. The van der Waals surface area contributed by atoms with Crippen molar-refractivity contribution in [1.82, 2.24) is 0 Å². The number of oxime groups is 1. The van der Waals surface area contributed by atoms with Gasteiger partial charge in [0.1, 0.15) is 11.5 Å². The highest BCUT2D eigenvalue weighted by molar-refractivity contribution is 7.99. The van der Waals surface area contributed by atoms with Crippen molar-refractivity contribution in [3.8, 4) is 0 Å². The topological polar surface area (TPSA) is 60.3 Å². The molecule has 1 aliphatic rings. The third-order valence-corrected chi connectivity index (χ3v) is 5.89. The van der Waals surface area contributed by atoms with E-state index in [1.807, 2.05) is 30.3 Å². The van der Waals surface area contributed by atoms with Gasteiger partial charge in [-0.3, -0.25) is 0 Å². The summed E-state index contributed by atoms with van der Waals surface area (Å²) in [5, 5.41) is 12.4. The highest BCUT2D eigenvalue weighted by Gasteiger charge is 2.35. The molecule has 0 aromatic heterocycles. The lowest BCUT2D eigenvalue weighted by molar-refractivity contribution is -0.0950. The number of rotatable bonds is 7. The molecule has 1 fully saturated rings. The average molecular weight is 405 g/mol. The lowest BCUT2D eigenvalue weighted by Gasteiger charge is -2.36. The second-order valence-corrected chi connectivity index (χ2v) is 7.74. The Hall–Kier alpha value is -1.93. The highest BCUT2D eigenvalue weighted by Crippen LogP contribution is 2.38. The molecule has 0 saturated carbocycles. The zero-order valence-corrected chi connectivity index (χ0v) is 16.8. The first-order chi connectivity index (χ1) is 13.6. The van der Waals surface area contributed by atoms with Gasteiger partial charge >= 0.3 is 0 Å². The van der Waals surface area contributed by atoms with Crippen LogP contribution in [-0.4, -0.2) is 45.0 Å². The molecule has 150 valence electrons. The van der Waals surface area contributed by atoms with E-state index in [1.54, 1.807) is 20.3 Å². The summed E-state index contributed by atoms with van der Waals surface area (Å²) in [7, 11) is 3.21. The molecule has 1 saturated heterocycles. The second kappa shape index (κ2) is 9.52. The monoisotopic (exact) mass is 405 g/mol. The highest BCUT2D eigenvalue weighted by atomic mass is 32.2. The van der Waals surface area contributed by atoms with Crippen LogP contribution in [0.4, 0.5) is 4.39 Å². The van der Waals surface area contributed by atoms with Crippen molar-refractivity contribution in [3.63, 3.8) is 0 Å². The number of ether oxygens (including phenoxy) is 3. The van der Waals surface area contributed by atoms with Gasteiger partial charge in [-0.15, -0.1) is 0 Å². The van der Waals surface area contributed by atoms with E-state index in [-0.39, 0.29) is 12.4 Å². The Morgan fingerprint density at radius 3 is 2.46 bits per heavy atom. The Morgan fingerprint density at radius 2 is 1.86 bits per heavy atom. The fourth-order valence-corrected chi connectivity index (χ4v) is 4.26. The SMILES string of the molecule is COCC(=NO)c1ccc(Sc2cc(F)cc(C3(OC)CCOCC3)c2)cc1. The van der Waals surface area contributed by atoms with Gasteiger partial charge < -0.3 is 19.4 Å². The van der Waals surface area contributed by atoms with Gasteiger partial charge in [-0.2, -0.15) is 0 Å². The Kier molecular flexibility index (Phi) is 7.07. The summed E-state index contributed by atoms with van der Waals surface area (Å²) in [4.78, 5) is 1.76. The molecule has 0 spiro atoms. The third kappa shape index (κ3) is 4.72. The van der Waals surface area contributed by atoms with Crippen molar-refractivity contribution >= 4 is 17.5 Å². The van der Waals surface area contributed by atoms with Crippen molar-refractivity contribution in [2.75, 3.05) is 34.0 Å². The zero-order chi connectivity index (χ0) is 20.0. The van der Waals surface area contributed by atoms with Crippen LogP contribution in [0, 0.1) is 5.82 Å². The van der Waals surface area contributed by atoms with Gasteiger partial charge in [-0.05, 0) is 35.9 Å². The average Bonchev–Trinajstić information content (AvgIpc) is 2.73. The minimum Gasteiger partial charge on any atom is -0.411 e. The van der Waals surface area contributed by atoms with Crippen LogP contribution in [0.1, 0.15) is 24.0 Å². The fraction of sp³-hybridized carbons (Fsp3) is 0.381. The fourth-order valence-electron chi connectivity index (χ4n) is 3.35. The van der Waals surface area contributed by atoms with E-state index in [2.05, 4.69) is 5.16 Å².